The van der Waals surface area contributed by atoms with E-state index in [2.05, 4.69) is 56.6 Å². The smallest absolute Gasteiger partial charge is 0.147 e. The van der Waals surface area contributed by atoms with Crippen LogP contribution in [0.1, 0.15) is 48.6 Å². The summed E-state index contributed by atoms with van der Waals surface area (Å²) in [7, 11) is 4.44. The molecule has 0 radical (unpaired) electrons. The van der Waals surface area contributed by atoms with Gasteiger partial charge in [0.2, 0.25) is 0 Å². The zero-order valence-corrected chi connectivity index (χ0v) is 15.5. The summed E-state index contributed by atoms with van der Waals surface area (Å²) in [5.41, 5.74) is 1.33. The third-order valence-electron chi connectivity index (χ3n) is 5.61. The molecule has 6 heteroatoms. The molecule has 0 unspecified atom stereocenters. The predicted molar refractivity (Wildman–Crippen MR) is 97.1 cm³/mol. The highest BCUT2D eigenvalue weighted by Crippen LogP contribution is 2.38. The van der Waals surface area contributed by atoms with Crippen molar-refractivity contribution in [3.05, 3.63) is 41.7 Å². The van der Waals surface area contributed by atoms with E-state index in [1.165, 1.54) is 24.8 Å². The molecule has 3 heterocycles. The topological polar surface area (TPSA) is 50.1 Å². The van der Waals surface area contributed by atoms with E-state index in [1.807, 2.05) is 18.5 Å². The standard InChI is InChI=1S/C19H28N6/c1-14-21-22-18(25(14)17-6-7-17)13-23(2)12-16-8-10-24(3)19(16)15-5-4-9-20-11-15/h4-5,9,11,16-17,19H,6-8,10,12-13H2,1-3H3/t16-,19-/m0/s1. The lowest BCUT2D eigenvalue weighted by molar-refractivity contribution is 0.209. The second kappa shape index (κ2) is 6.84. The molecule has 2 atom stereocenters. The lowest BCUT2D eigenvalue weighted by Gasteiger charge is -2.28. The van der Waals surface area contributed by atoms with Gasteiger partial charge in [-0.2, -0.15) is 0 Å². The van der Waals surface area contributed by atoms with E-state index >= 15 is 0 Å². The zero-order valence-electron chi connectivity index (χ0n) is 15.5. The Morgan fingerprint density at radius 2 is 2.08 bits per heavy atom. The first-order chi connectivity index (χ1) is 12.1. The second-order valence-corrected chi connectivity index (χ2v) is 7.72. The van der Waals surface area contributed by atoms with E-state index in [-0.39, 0.29) is 0 Å². The molecule has 2 fully saturated rings. The van der Waals surface area contributed by atoms with E-state index in [4.69, 9.17) is 0 Å². The third kappa shape index (κ3) is 3.46. The highest BCUT2D eigenvalue weighted by molar-refractivity contribution is 5.17. The van der Waals surface area contributed by atoms with Gasteiger partial charge >= 0.3 is 0 Å². The number of hydrogen-bond donors (Lipinski definition) is 0. The lowest BCUT2D eigenvalue weighted by Crippen LogP contribution is -2.30. The number of hydrogen-bond acceptors (Lipinski definition) is 5. The summed E-state index contributed by atoms with van der Waals surface area (Å²) in [5, 5.41) is 8.74. The van der Waals surface area contributed by atoms with Gasteiger partial charge in [-0.05, 0) is 64.4 Å². The Labute approximate surface area is 149 Å². The molecule has 1 saturated heterocycles. The van der Waals surface area contributed by atoms with Gasteiger partial charge in [-0.3, -0.25) is 14.8 Å². The fraction of sp³-hybridized carbons (Fsp3) is 0.632. The Kier molecular flexibility index (Phi) is 4.56. The first-order valence-corrected chi connectivity index (χ1v) is 9.32. The van der Waals surface area contributed by atoms with Gasteiger partial charge in [0.25, 0.3) is 0 Å². The van der Waals surface area contributed by atoms with Crippen LogP contribution in [0, 0.1) is 12.8 Å². The summed E-state index contributed by atoms with van der Waals surface area (Å²) >= 11 is 0. The predicted octanol–water partition coefficient (Wildman–Crippen LogP) is 2.44. The molecule has 2 aromatic heterocycles. The molecule has 0 amide bonds. The van der Waals surface area contributed by atoms with Crippen LogP contribution in [0.25, 0.3) is 0 Å². The minimum absolute atomic E-state index is 0.458. The number of nitrogens with zero attached hydrogens (tertiary/aromatic N) is 6. The SMILES string of the molecule is Cc1nnc(CN(C)C[C@@H]2CCN(C)[C@H]2c2cccnc2)n1C1CC1. The summed E-state index contributed by atoms with van der Waals surface area (Å²) < 4.78 is 2.34. The summed E-state index contributed by atoms with van der Waals surface area (Å²) in [4.78, 5) is 9.20. The lowest BCUT2D eigenvalue weighted by atomic mass is 9.94. The largest absolute Gasteiger partial charge is 0.311 e. The quantitative estimate of drug-likeness (QED) is 0.808. The van der Waals surface area contributed by atoms with Crippen molar-refractivity contribution in [3.8, 4) is 0 Å². The van der Waals surface area contributed by atoms with E-state index < -0.39 is 0 Å². The van der Waals surface area contributed by atoms with Gasteiger partial charge in [-0.1, -0.05) is 6.07 Å². The minimum Gasteiger partial charge on any atom is -0.311 e. The Morgan fingerprint density at radius 1 is 1.24 bits per heavy atom. The number of aryl methyl sites for hydroxylation is 1. The Morgan fingerprint density at radius 3 is 2.80 bits per heavy atom. The Hall–Kier alpha value is -1.79. The molecule has 25 heavy (non-hydrogen) atoms. The van der Waals surface area contributed by atoms with Crippen LogP contribution in [-0.2, 0) is 6.54 Å². The maximum absolute atomic E-state index is 4.43. The Balaban J connectivity index is 1.44. The average molecular weight is 340 g/mol. The van der Waals surface area contributed by atoms with Gasteiger partial charge in [0.1, 0.15) is 11.6 Å². The van der Waals surface area contributed by atoms with Crippen LogP contribution in [-0.4, -0.2) is 56.7 Å². The fourth-order valence-electron chi connectivity index (χ4n) is 4.33. The van der Waals surface area contributed by atoms with E-state index in [0.29, 0.717) is 18.0 Å². The molecule has 1 aliphatic heterocycles. The first kappa shape index (κ1) is 16.7. The molecular weight excluding hydrogens is 312 g/mol. The normalized spacial score (nSPS) is 24.3. The van der Waals surface area contributed by atoms with Crippen LogP contribution >= 0.6 is 0 Å². The summed E-state index contributed by atoms with van der Waals surface area (Å²) in [6, 6.07) is 5.35. The van der Waals surface area contributed by atoms with Gasteiger partial charge in [0.05, 0.1) is 6.54 Å². The molecule has 134 valence electrons. The molecule has 0 bridgehead atoms. The Bertz CT molecular complexity index is 708. The molecular formula is C19H28N6. The van der Waals surface area contributed by atoms with Crippen LogP contribution < -0.4 is 0 Å². The monoisotopic (exact) mass is 340 g/mol. The van der Waals surface area contributed by atoms with Crippen LogP contribution in [0.15, 0.2) is 24.5 Å². The van der Waals surface area contributed by atoms with Gasteiger partial charge in [0, 0.05) is 31.0 Å². The highest BCUT2D eigenvalue weighted by atomic mass is 15.3. The van der Waals surface area contributed by atoms with Crippen molar-refractivity contribution in [1.82, 2.24) is 29.5 Å². The minimum atomic E-state index is 0.458. The number of rotatable bonds is 6. The summed E-state index contributed by atoms with van der Waals surface area (Å²) in [6.07, 6.45) is 7.64. The van der Waals surface area contributed by atoms with Crippen molar-refractivity contribution in [2.24, 2.45) is 5.92 Å². The first-order valence-electron chi connectivity index (χ1n) is 9.32. The summed E-state index contributed by atoms with van der Waals surface area (Å²) in [5.74, 6) is 2.80. The zero-order chi connectivity index (χ0) is 17.4. The molecule has 1 saturated carbocycles. The van der Waals surface area contributed by atoms with E-state index in [0.717, 1.165) is 31.3 Å². The molecule has 0 aromatic carbocycles. The van der Waals surface area contributed by atoms with Crippen LogP contribution in [0.3, 0.4) is 0 Å². The van der Waals surface area contributed by atoms with Gasteiger partial charge in [-0.25, -0.2) is 0 Å². The highest BCUT2D eigenvalue weighted by Gasteiger charge is 2.34. The van der Waals surface area contributed by atoms with Crippen molar-refractivity contribution in [2.75, 3.05) is 27.2 Å². The van der Waals surface area contributed by atoms with Crippen LogP contribution in [0.2, 0.25) is 0 Å². The van der Waals surface area contributed by atoms with E-state index in [9.17, 15) is 0 Å². The summed E-state index contributed by atoms with van der Waals surface area (Å²) in [6.45, 7) is 5.16. The van der Waals surface area contributed by atoms with E-state index in [1.54, 1.807) is 0 Å². The molecule has 2 aliphatic rings. The van der Waals surface area contributed by atoms with Crippen molar-refractivity contribution >= 4 is 0 Å². The number of aromatic nitrogens is 4. The van der Waals surface area contributed by atoms with Gasteiger partial charge < -0.3 is 4.57 Å². The fourth-order valence-corrected chi connectivity index (χ4v) is 4.33. The molecule has 0 N–H and O–H groups in total. The van der Waals surface area contributed by atoms with Crippen molar-refractivity contribution in [3.63, 3.8) is 0 Å². The maximum Gasteiger partial charge on any atom is 0.147 e. The number of likely N-dealkylation sites (tertiary alicyclic amines) is 1. The molecule has 2 aromatic rings. The van der Waals surface area contributed by atoms with Crippen molar-refractivity contribution in [2.45, 2.75) is 44.8 Å². The van der Waals surface area contributed by atoms with Crippen molar-refractivity contribution < 1.29 is 0 Å². The van der Waals surface area contributed by atoms with Crippen LogP contribution in [0.5, 0.6) is 0 Å². The maximum atomic E-state index is 4.43. The molecule has 4 rings (SSSR count). The van der Waals surface area contributed by atoms with Crippen molar-refractivity contribution in [1.29, 1.82) is 0 Å². The second-order valence-electron chi connectivity index (χ2n) is 7.72. The molecule has 0 spiro atoms. The molecule has 6 nitrogen and oxygen atoms in total. The molecule has 1 aliphatic carbocycles. The van der Waals surface area contributed by atoms with Crippen LogP contribution in [0.4, 0.5) is 0 Å². The average Bonchev–Trinajstić information content (AvgIpc) is 3.28. The van der Waals surface area contributed by atoms with Gasteiger partial charge in [0.15, 0.2) is 0 Å². The number of pyridine rings is 1. The third-order valence-corrected chi connectivity index (χ3v) is 5.61. The van der Waals surface area contributed by atoms with Gasteiger partial charge in [-0.15, -0.1) is 10.2 Å².